The summed E-state index contributed by atoms with van der Waals surface area (Å²) in [5.74, 6) is -0.343. The molecule has 5 rings (SSSR count). The van der Waals surface area contributed by atoms with Crippen molar-refractivity contribution in [3.63, 3.8) is 0 Å². The molecular formula is C28H27Cl2FN4O3S. The van der Waals surface area contributed by atoms with E-state index < -0.39 is 17.8 Å². The third kappa shape index (κ3) is 5.68. The topological polar surface area (TPSA) is 82.6 Å². The van der Waals surface area contributed by atoms with Crippen molar-refractivity contribution in [2.45, 2.75) is 36.9 Å². The number of nitrogens with two attached hydrogens (primary N) is 1. The minimum atomic E-state index is -0.681. The molecule has 2 heterocycles. The molecule has 3 aromatic carbocycles. The van der Waals surface area contributed by atoms with Crippen LogP contribution in [-0.2, 0) is 0 Å². The number of rotatable bonds is 7. The van der Waals surface area contributed by atoms with Crippen LogP contribution in [0.5, 0.6) is 11.5 Å². The van der Waals surface area contributed by atoms with E-state index in [9.17, 15) is 9.18 Å². The highest BCUT2D eigenvalue weighted by Gasteiger charge is 2.23. The highest BCUT2D eigenvalue weighted by molar-refractivity contribution is 7.80. The Morgan fingerprint density at radius 3 is 2.64 bits per heavy atom. The minimum absolute atomic E-state index is 0.0488. The lowest BCUT2D eigenvalue weighted by Gasteiger charge is -2.30. The molecule has 1 saturated heterocycles. The number of imidazole rings is 1. The van der Waals surface area contributed by atoms with Crippen LogP contribution in [0.4, 0.5) is 4.39 Å². The summed E-state index contributed by atoms with van der Waals surface area (Å²) in [6.45, 7) is 3.79. The number of ether oxygens (including phenoxy) is 2. The van der Waals surface area contributed by atoms with Gasteiger partial charge in [-0.1, -0.05) is 35.3 Å². The van der Waals surface area contributed by atoms with Gasteiger partial charge >= 0.3 is 0 Å². The Morgan fingerprint density at radius 2 is 1.92 bits per heavy atom. The molecule has 1 atom stereocenters. The molecular weight excluding hydrogens is 562 g/mol. The number of amides is 1. The Labute approximate surface area is 241 Å². The van der Waals surface area contributed by atoms with E-state index in [1.807, 2.05) is 25.1 Å². The van der Waals surface area contributed by atoms with Crippen molar-refractivity contribution in [2.24, 2.45) is 5.73 Å². The molecule has 0 unspecified atom stereocenters. The zero-order valence-corrected chi connectivity index (χ0v) is 23.7. The fourth-order valence-electron chi connectivity index (χ4n) is 4.69. The van der Waals surface area contributed by atoms with Crippen molar-refractivity contribution in [2.75, 3.05) is 20.1 Å². The van der Waals surface area contributed by atoms with Gasteiger partial charge in [0, 0.05) is 30.8 Å². The van der Waals surface area contributed by atoms with E-state index in [-0.39, 0.29) is 21.6 Å². The van der Waals surface area contributed by atoms with Crippen LogP contribution < -0.4 is 15.2 Å². The van der Waals surface area contributed by atoms with Crippen LogP contribution in [0.2, 0.25) is 10.0 Å². The predicted octanol–water partition coefficient (Wildman–Crippen LogP) is 6.47. The Morgan fingerprint density at radius 1 is 1.18 bits per heavy atom. The van der Waals surface area contributed by atoms with Gasteiger partial charge in [0.15, 0.2) is 0 Å². The number of halogens is 3. The van der Waals surface area contributed by atoms with Gasteiger partial charge in [0.1, 0.15) is 35.9 Å². The lowest BCUT2D eigenvalue weighted by Crippen LogP contribution is -2.35. The van der Waals surface area contributed by atoms with E-state index in [1.54, 1.807) is 16.7 Å². The number of fused-ring (bicyclic) bond motifs is 1. The molecule has 1 fully saturated rings. The molecule has 1 amide bonds. The molecule has 1 aliphatic heterocycles. The monoisotopic (exact) mass is 588 g/mol. The maximum Gasteiger partial charge on any atom is 0.250 e. The lowest BCUT2D eigenvalue weighted by molar-refractivity contribution is 0.0996. The molecule has 11 heteroatoms. The summed E-state index contributed by atoms with van der Waals surface area (Å²) in [4.78, 5) is 19.1. The van der Waals surface area contributed by atoms with Crippen molar-refractivity contribution in [3.05, 3.63) is 75.8 Å². The van der Waals surface area contributed by atoms with Gasteiger partial charge in [-0.3, -0.25) is 9.36 Å². The number of piperidine rings is 1. The fraction of sp³-hybridized carbons (Fsp3) is 0.286. The second kappa shape index (κ2) is 11.3. The second-order valence-corrected chi connectivity index (χ2v) is 10.8. The Balaban J connectivity index is 1.47. The second-order valence-electron chi connectivity index (χ2n) is 9.61. The smallest absolute Gasteiger partial charge is 0.250 e. The SMILES string of the molecule is C[C@@H](Oc1cc(-n2cnc3cc(F)c(Cl)cc32)cc(C(N)=O)c1S)c1cccc(OC2CCN(C)CC2)c1Cl. The van der Waals surface area contributed by atoms with E-state index in [0.717, 1.165) is 31.5 Å². The summed E-state index contributed by atoms with van der Waals surface area (Å²) in [5.41, 5.74) is 8.00. The van der Waals surface area contributed by atoms with Gasteiger partial charge in [-0.25, -0.2) is 9.37 Å². The fourth-order valence-corrected chi connectivity index (χ4v) is 5.46. The first-order chi connectivity index (χ1) is 18.6. The average molecular weight is 590 g/mol. The predicted molar refractivity (Wildman–Crippen MR) is 153 cm³/mol. The van der Waals surface area contributed by atoms with E-state index in [0.29, 0.717) is 33.2 Å². The molecule has 0 radical (unpaired) electrons. The molecule has 39 heavy (non-hydrogen) atoms. The van der Waals surface area contributed by atoms with Crippen LogP contribution in [-0.4, -0.2) is 46.6 Å². The number of benzene rings is 3. The molecule has 0 saturated carbocycles. The summed E-state index contributed by atoms with van der Waals surface area (Å²) in [7, 11) is 2.10. The number of carbonyl (C=O) groups is 1. The number of hydrogen-bond acceptors (Lipinski definition) is 6. The van der Waals surface area contributed by atoms with Gasteiger partial charge in [0.05, 0.1) is 37.2 Å². The lowest BCUT2D eigenvalue weighted by atomic mass is 10.1. The van der Waals surface area contributed by atoms with Crippen molar-refractivity contribution < 1.29 is 18.7 Å². The Kier molecular flexibility index (Phi) is 7.96. The zero-order valence-electron chi connectivity index (χ0n) is 21.3. The molecule has 0 spiro atoms. The van der Waals surface area contributed by atoms with Crippen LogP contribution in [0.1, 0.15) is 41.8 Å². The van der Waals surface area contributed by atoms with Gasteiger partial charge in [-0.2, -0.15) is 0 Å². The highest BCUT2D eigenvalue weighted by atomic mass is 35.5. The van der Waals surface area contributed by atoms with E-state index in [2.05, 4.69) is 29.6 Å². The minimum Gasteiger partial charge on any atom is -0.489 e. The maximum absolute atomic E-state index is 14.0. The summed E-state index contributed by atoms with van der Waals surface area (Å²) < 4.78 is 28.2. The van der Waals surface area contributed by atoms with Crippen molar-refractivity contribution >= 4 is 52.8 Å². The number of aromatic nitrogens is 2. The molecule has 204 valence electrons. The molecule has 2 N–H and O–H groups in total. The number of nitrogens with zero attached hydrogens (tertiary/aromatic N) is 3. The third-order valence-corrected chi connectivity index (χ3v) is 8.04. The van der Waals surface area contributed by atoms with Gasteiger partial charge in [0.2, 0.25) is 5.91 Å². The Bertz CT molecular complexity index is 1560. The largest absolute Gasteiger partial charge is 0.489 e. The number of carbonyl (C=O) groups excluding carboxylic acids is 1. The highest BCUT2D eigenvalue weighted by Crippen LogP contribution is 2.38. The number of likely N-dealkylation sites (tertiary alicyclic amines) is 1. The normalized spacial score (nSPS) is 15.4. The van der Waals surface area contributed by atoms with E-state index in [4.69, 9.17) is 38.4 Å². The summed E-state index contributed by atoms with van der Waals surface area (Å²) in [6, 6.07) is 11.6. The summed E-state index contributed by atoms with van der Waals surface area (Å²) >= 11 is 17.3. The number of thiol groups is 1. The molecule has 1 aromatic heterocycles. The summed E-state index contributed by atoms with van der Waals surface area (Å²) in [6.07, 6.45) is 2.93. The Hall–Kier alpha value is -2.98. The quantitative estimate of drug-likeness (QED) is 0.242. The van der Waals surface area contributed by atoms with Crippen LogP contribution in [0.25, 0.3) is 16.7 Å². The van der Waals surface area contributed by atoms with Gasteiger partial charge in [0.25, 0.3) is 0 Å². The number of primary amides is 1. The molecule has 0 aliphatic carbocycles. The molecule has 7 nitrogen and oxygen atoms in total. The van der Waals surface area contributed by atoms with Gasteiger partial charge in [-0.15, -0.1) is 12.6 Å². The average Bonchev–Trinajstić information content (AvgIpc) is 3.30. The summed E-state index contributed by atoms with van der Waals surface area (Å²) in [5, 5.41) is 0.417. The maximum atomic E-state index is 14.0. The zero-order chi connectivity index (χ0) is 27.8. The van der Waals surface area contributed by atoms with E-state index in [1.165, 1.54) is 18.5 Å². The third-order valence-electron chi connectivity index (χ3n) is 6.89. The van der Waals surface area contributed by atoms with E-state index >= 15 is 0 Å². The van der Waals surface area contributed by atoms with Crippen molar-refractivity contribution in [1.82, 2.24) is 14.5 Å². The first-order valence-electron chi connectivity index (χ1n) is 12.4. The molecule has 4 aromatic rings. The van der Waals surface area contributed by atoms with Crippen molar-refractivity contribution in [3.8, 4) is 17.2 Å². The van der Waals surface area contributed by atoms with Crippen LogP contribution in [0.3, 0.4) is 0 Å². The van der Waals surface area contributed by atoms with Crippen molar-refractivity contribution in [1.29, 1.82) is 0 Å². The van der Waals surface area contributed by atoms with Gasteiger partial charge in [-0.05, 0) is 45.0 Å². The first kappa shape index (κ1) is 27.6. The van der Waals surface area contributed by atoms with Crippen LogP contribution >= 0.6 is 35.8 Å². The van der Waals surface area contributed by atoms with Crippen LogP contribution in [0.15, 0.2) is 53.7 Å². The standard InChI is InChI=1S/C28H27Cl2FN4O3S/c1-15(18-4-3-5-24(26(18)30)38-17-6-8-34(2)9-7-17)37-25-11-16(10-19(27(25)39)28(32)36)35-14-33-22-13-21(31)20(29)12-23(22)35/h3-5,10-15,17,39H,6-9H2,1-2H3,(H2,32,36)/t15-/m1/s1. The number of hydrogen-bond donors (Lipinski definition) is 2. The van der Waals surface area contributed by atoms with Crippen LogP contribution in [0, 0.1) is 5.82 Å². The molecule has 1 aliphatic rings. The first-order valence-corrected chi connectivity index (χ1v) is 13.6. The molecule has 0 bridgehead atoms. The van der Waals surface area contributed by atoms with Gasteiger partial charge < -0.3 is 20.1 Å².